The minimum atomic E-state index is 0.0265. The molecule has 0 aromatic carbocycles. The Morgan fingerprint density at radius 2 is 1.75 bits per heavy atom. The van der Waals surface area contributed by atoms with Gasteiger partial charge in [-0.1, -0.05) is 22.4 Å². The topological polar surface area (TPSA) is 37.4 Å². The van der Waals surface area contributed by atoms with E-state index in [-0.39, 0.29) is 29.1 Å². The van der Waals surface area contributed by atoms with Gasteiger partial charge in [0.15, 0.2) is 0 Å². The lowest BCUT2D eigenvalue weighted by Crippen LogP contribution is -2.37. The highest BCUT2D eigenvalue weighted by Crippen LogP contribution is 2.50. The molecular weight excluding hydrogens is 270 g/mol. The molecule has 1 saturated heterocycles. The molecule has 2 saturated carbocycles. The monoisotopic (exact) mass is 285 g/mol. The summed E-state index contributed by atoms with van der Waals surface area (Å²) in [5.41, 5.74) is 0.212. The van der Waals surface area contributed by atoms with Crippen LogP contribution in [0.1, 0.15) is 32.1 Å². The van der Waals surface area contributed by atoms with Crippen LogP contribution < -0.4 is 0 Å². The van der Waals surface area contributed by atoms with Crippen molar-refractivity contribution in [3.05, 3.63) is 0 Å². The van der Waals surface area contributed by atoms with Gasteiger partial charge in [-0.2, -0.15) is 0 Å². The first-order chi connectivity index (χ1) is 7.67. The Morgan fingerprint density at radius 1 is 1.19 bits per heavy atom. The van der Waals surface area contributed by atoms with E-state index < -0.39 is 0 Å². The van der Waals surface area contributed by atoms with E-state index in [9.17, 15) is 9.59 Å². The van der Waals surface area contributed by atoms with Gasteiger partial charge in [0.25, 0.3) is 0 Å². The Labute approximate surface area is 104 Å². The fraction of sp³-hybridized carbons (Fsp3) is 0.833. The largest absolute Gasteiger partial charge is 0.282 e. The summed E-state index contributed by atoms with van der Waals surface area (Å²) >= 11 is 3.49. The molecule has 0 N–H and O–H groups in total. The van der Waals surface area contributed by atoms with Crippen molar-refractivity contribution in [1.82, 2.24) is 4.90 Å². The molecule has 2 amide bonds. The number of amides is 2. The van der Waals surface area contributed by atoms with Gasteiger partial charge in [0.1, 0.15) is 0 Å². The summed E-state index contributed by atoms with van der Waals surface area (Å²) in [5.74, 6) is 0.275. The molecule has 0 aromatic heterocycles. The summed E-state index contributed by atoms with van der Waals surface area (Å²) in [5, 5.41) is 0.909. The Bertz CT molecular complexity index is 329. The second-order valence-electron chi connectivity index (χ2n) is 5.54. The third kappa shape index (κ3) is 1.45. The number of halogens is 1. The number of nitrogens with zero attached hydrogens (tertiary/aromatic N) is 1. The quantitative estimate of drug-likeness (QED) is 0.587. The number of rotatable bonds is 3. The molecule has 1 heterocycles. The first kappa shape index (κ1) is 10.8. The fourth-order valence-electron chi connectivity index (χ4n) is 3.06. The number of alkyl halides is 1. The standard InChI is InChI=1S/C12H16BrNO2/c13-6-12(4-5-12)7-14-10(15)8-2-1-3-9(8)11(14)16/h8-9H,1-7H2. The highest BCUT2D eigenvalue weighted by molar-refractivity contribution is 9.09. The maximum atomic E-state index is 12.1. The van der Waals surface area contributed by atoms with Crippen LogP contribution in [0.25, 0.3) is 0 Å². The Hall–Kier alpha value is -0.380. The molecular formula is C12H16BrNO2. The smallest absolute Gasteiger partial charge is 0.233 e. The number of fused-ring (bicyclic) bond motifs is 1. The lowest BCUT2D eigenvalue weighted by molar-refractivity contribution is -0.141. The number of imide groups is 1. The van der Waals surface area contributed by atoms with Crippen molar-refractivity contribution >= 4 is 27.7 Å². The van der Waals surface area contributed by atoms with Gasteiger partial charge in [-0.05, 0) is 31.1 Å². The van der Waals surface area contributed by atoms with E-state index in [1.807, 2.05) is 0 Å². The first-order valence-electron chi connectivity index (χ1n) is 6.08. The molecule has 3 fully saturated rings. The highest BCUT2D eigenvalue weighted by Gasteiger charge is 2.53. The van der Waals surface area contributed by atoms with E-state index in [1.165, 1.54) is 0 Å². The maximum Gasteiger partial charge on any atom is 0.233 e. The summed E-state index contributed by atoms with van der Waals surface area (Å²) in [4.78, 5) is 25.8. The molecule has 0 radical (unpaired) electrons. The molecule has 3 nitrogen and oxygen atoms in total. The van der Waals surface area contributed by atoms with Crippen LogP contribution in [0.15, 0.2) is 0 Å². The van der Waals surface area contributed by atoms with E-state index in [0.717, 1.165) is 37.4 Å². The lowest BCUT2D eigenvalue weighted by Gasteiger charge is -2.21. The van der Waals surface area contributed by atoms with Crippen LogP contribution in [0.5, 0.6) is 0 Å². The maximum absolute atomic E-state index is 12.1. The number of likely N-dealkylation sites (tertiary alicyclic amines) is 1. The minimum absolute atomic E-state index is 0.0265. The summed E-state index contributed by atoms with van der Waals surface area (Å²) in [6, 6.07) is 0. The molecule has 3 rings (SSSR count). The fourth-order valence-corrected chi connectivity index (χ4v) is 3.80. The van der Waals surface area contributed by atoms with Crippen molar-refractivity contribution < 1.29 is 9.59 Å². The summed E-state index contributed by atoms with van der Waals surface area (Å²) in [7, 11) is 0. The van der Waals surface area contributed by atoms with E-state index in [0.29, 0.717) is 6.54 Å². The molecule has 2 unspecified atom stereocenters. The van der Waals surface area contributed by atoms with E-state index >= 15 is 0 Å². The third-order valence-electron chi connectivity index (χ3n) is 4.42. The van der Waals surface area contributed by atoms with Crippen molar-refractivity contribution in [2.24, 2.45) is 17.3 Å². The van der Waals surface area contributed by atoms with Crippen LogP contribution in [-0.2, 0) is 9.59 Å². The molecule has 3 aliphatic rings. The van der Waals surface area contributed by atoms with Crippen LogP contribution in [-0.4, -0.2) is 28.6 Å². The zero-order chi connectivity index (χ0) is 11.3. The second-order valence-corrected chi connectivity index (χ2v) is 6.10. The normalized spacial score (nSPS) is 35.7. The zero-order valence-electron chi connectivity index (χ0n) is 9.25. The molecule has 1 aliphatic heterocycles. The SMILES string of the molecule is O=C1C2CCCC2C(=O)N1CC1(CBr)CC1. The van der Waals surface area contributed by atoms with Crippen LogP contribution in [0.4, 0.5) is 0 Å². The van der Waals surface area contributed by atoms with Gasteiger partial charge in [0.05, 0.1) is 11.8 Å². The summed E-state index contributed by atoms with van der Waals surface area (Å²) < 4.78 is 0. The number of hydrogen-bond donors (Lipinski definition) is 0. The lowest BCUT2D eigenvalue weighted by atomic mass is 10.00. The van der Waals surface area contributed by atoms with Gasteiger partial charge in [0.2, 0.25) is 11.8 Å². The Kier molecular flexibility index (Phi) is 2.39. The molecule has 16 heavy (non-hydrogen) atoms. The number of carbonyl (C=O) groups excluding carboxylic acids is 2. The van der Waals surface area contributed by atoms with Crippen LogP contribution >= 0.6 is 15.9 Å². The van der Waals surface area contributed by atoms with Gasteiger partial charge >= 0.3 is 0 Å². The predicted octanol–water partition coefficient (Wildman–Crippen LogP) is 1.95. The Balaban J connectivity index is 1.76. The van der Waals surface area contributed by atoms with Gasteiger partial charge in [-0.25, -0.2) is 0 Å². The number of hydrogen-bond acceptors (Lipinski definition) is 2. The second kappa shape index (κ2) is 3.56. The van der Waals surface area contributed by atoms with Crippen molar-refractivity contribution in [2.75, 3.05) is 11.9 Å². The molecule has 0 aromatic rings. The summed E-state index contributed by atoms with van der Waals surface area (Å²) in [6.45, 7) is 0.656. The van der Waals surface area contributed by atoms with Gasteiger partial charge in [-0.15, -0.1) is 0 Å². The van der Waals surface area contributed by atoms with Crippen molar-refractivity contribution in [3.8, 4) is 0 Å². The minimum Gasteiger partial charge on any atom is -0.282 e. The van der Waals surface area contributed by atoms with E-state index in [2.05, 4.69) is 15.9 Å². The zero-order valence-corrected chi connectivity index (χ0v) is 10.8. The van der Waals surface area contributed by atoms with Crippen LogP contribution in [0.3, 0.4) is 0 Å². The van der Waals surface area contributed by atoms with Gasteiger partial charge in [0, 0.05) is 11.9 Å². The van der Waals surface area contributed by atoms with Crippen molar-refractivity contribution in [2.45, 2.75) is 32.1 Å². The van der Waals surface area contributed by atoms with E-state index in [1.54, 1.807) is 4.90 Å². The Morgan fingerprint density at radius 3 is 2.19 bits per heavy atom. The average Bonchev–Trinajstić information content (AvgIpc) is 2.83. The predicted molar refractivity (Wildman–Crippen MR) is 63.0 cm³/mol. The molecule has 0 spiro atoms. The van der Waals surface area contributed by atoms with Gasteiger partial charge < -0.3 is 0 Å². The van der Waals surface area contributed by atoms with Gasteiger partial charge in [-0.3, -0.25) is 14.5 Å². The third-order valence-corrected chi connectivity index (χ3v) is 5.61. The molecule has 88 valence electrons. The molecule has 2 aliphatic carbocycles. The van der Waals surface area contributed by atoms with Crippen LogP contribution in [0.2, 0.25) is 0 Å². The molecule has 2 atom stereocenters. The van der Waals surface area contributed by atoms with Crippen LogP contribution in [0, 0.1) is 17.3 Å². The van der Waals surface area contributed by atoms with Crippen molar-refractivity contribution in [3.63, 3.8) is 0 Å². The molecule has 4 heteroatoms. The highest BCUT2D eigenvalue weighted by atomic mass is 79.9. The number of carbonyl (C=O) groups is 2. The average molecular weight is 286 g/mol. The van der Waals surface area contributed by atoms with Crippen molar-refractivity contribution in [1.29, 1.82) is 0 Å². The first-order valence-corrected chi connectivity index (χ1v) is 7.20. The van der Waals surface area contributed by atoms with E-state index in [4.69, 9.17) is 0 Å². The summed E-state index contributed by atoms with van der Waals surface area (Å²) in [6.07, 6.45) is 5.18. The molecule has 0 bridgehead atoms.